The number of likely N-dealkylation sites (tertiary alicyclic amines) is 1. The second-order valence-electron chi connectivity index (χ2n) is 9.97. The van der Waals surface area contributed by atoms with Gasteiger partial charge in [-0.25, -0.2) is 9.97 Å². The summed E-state index contributed by atoms with van der Waals surface area (Å²) in [4.78, 5) is 36.7. The molecule has 3 aliphatic rings. The van der Waals surface area contributed by atoms with Crippen LogP contribution in [0.4, 0.5) is 0 Å². The summed E-state index contributed by atoms with van der Waals surface area (Å²) in [6, 6.07) is 0.337. The SMILES string of the molecule is Cc1nc(C2CCN(C(=O)CCC3CCCC3)C2)nc(C)c1CC(=O)NC1CCCC1. The van der Waals surface area contributed by atoms with E-state index in [4.69, 9.17) is 9.97 Å². The first-order valence-corrected chi connectivity index (χ1v) is 12.4. The number of carbonyl (C=O) groups is 2. The number of nitrogens with zero attached hydrogens (tertiary/aromatic N) is 3. The van der Waals surface area contributed by atoms with Crippen LogP contribution in [0.3, 0.4) is 0 Å². The zero-order chi connectivity index (χ0) is 21.8. The Morgan fingerprint density at radius 1 is 0.968 bits per heavy atom. The molecule has 6 nitrogen and oxygen atoms in total. The van der Waals surface area contributed by atoms with Gasteiger partial charge >= 0.3 is 0 Å². The van der Waals surface area contributed by atoms with E-state index < -0.39 is 0 Å². The first kappa shape index (κ1) is 22.2. The maximum atomic E-state index is 12.7. The summed E-state index contributed by atoms with van der Waals surface area (Å²) in [6.07, 6.45) is 12.9. The molecule has 1 unspecified atom stereocenters. The second-order valence-corrected chi connectivity index (χ2v) is 9.97. The lowest BCUT2D eigenvalue weighted by molar-refractivity contribution is -0.130. The molecule has 0 bridgehead atoms. The molecule has 2 heterocycles. The van der Waals surface area contributed by atoms with E-state index in [1.807, 2.05) is 18.7 Å². The van der Waals surface area contributed by atoms with Crippen LogP contribution < -0.4 is 5.32 Å². The van der Waals surface area contributed by atoms with Crippen molar-refractivity contribution in [1.29, 1.82) is 0 Å². The molecule has 2 aliphatic carbocycles. The highest BCUT2D eigenvalue weighted by Crippen LogP contribution is 2.30. The van der Waals surface area contributed by atoms with Crippen LogP contribution in [-0.2, 0) is 16.0 Å². The lowest BCUT2D eigenvalue weighted by atomic mass is 10.0. The number of rotatable bonds is 7. The minimum Gasteiger partial charge on any atom is -0.353 e. The van der Waals surface area contributed by atoms with Gasteiger partial charge in [0.25, 0.3) is 0 Å². The molecule has 1 aromatic rings. The van der Waals surface area contributed by atoms with Crippen molar-refractivity contribution in [3.05, 3.63) is 22.8 Å². The van der Waals surface area contributed by atoms with E-state index in [2.05, 4.69) is 5.32 Å². The lowest BCUT2D eigenvalue weighted by Crippen LogP contribution is -2.34. The van der Waals surface area contributed by atoms with E-state index in [1.54, 1.807) is 0 Å². The Labute approximate surface area is 186 Å². The lowest BCUT2D eigenvalue weighted by Gasteiger charge is -2.18. The summed E-state index contributed by atoms with van der Waals surface area (Å²) in [6.45, 7) is 5.50. The zero-order valence-electron chi connectivity index (χ0n) is 19.3. The molecule has 1 aromatic heterocycles. The summed E-state index contributed by atoms with van der Waals surface area (Å²) in [5.74, 6) is 2.17. The number of hydrogen-bond donors (Lipinski definition) is 1. The van der Waals surface area contributed by atoms with Gasteiger partial charge in [-0.1, -0.05) is 38.5 Å². The topological polar surface area (TPSA) is 75.2 Å². The molecule has 0 aromatic carbocycles. The molecule has 0 spiro atoms. The molecule has 1 aliphatic heterocycles. The second kappa shape index (κ2) is 10.1. The van der Waals surface area contributed by atoms with Crippen LogP contribution in [0.1, 0.15) is 99.3 Å². The van der Waals surface area contributed by atoms with Gasteiger partial charge in [-0.2, -0.15) is 0 Å². The molecule has 2 saturated carbocycles. The highest BCUT2D eigenvalue weighted by atomic mass is 16.2. The summed E-state index contributed by atoms with van der Waals surface area (Å²) in [7, 11) is 0. The molecule has 6 heteroatoms. The Balaban J connectivity index is 1.32. The van der Waals surface area contributed by atoms with E-state index in [9.17, 15) is 9.59 Å². The first-order chi connectivity index (χ1) is 15.0. The summed E-state index contributed by atoms with van der Waals surface area (Å²) in [5, 5.41) is 3.16. The highest BCUT2D eigenvalue weighted by molar-refractivity contribution is 5.79. The maximum Gasteiger partial charge on any atom is 0.224 e. The number of amides is 2. The van der Waals surface area contributed by atoms with Gasteiger partial charge in [-0.05, 0) is 45.4 Å². The predicted molar refractivity (Wildman–Crippen MR) is 121 cm³/mol. The van der Waals surface area contributed by atoms with Crippen molar-refractivity contribution in [3.8, 4) is 0 Å². The number of hydrogen-bond acceptors (Lipinski definition) is 4. The van der Waals surface area contributed by atoms with Gasteiger partial charge in [0.15, 0.2) is 0 Å². The standard InChI is InChI=1S/C25H38N4O2/c1-17-22(15-23(30)28-21-9-5-6-10-21)18(2)27-25(26-17)20-13-14-29(16-20)24(31)12-11-19-7-3-4-8-19/h19-21H,3-16H2,1-2H3,(H,28,30). The van der Waals surface area contributed by atoms with E-state index >= 15 is 0 Å². The van der Waals surface area contributed by atoms with Gasteiger partial charge in [-0.3, -0.25) is 9.59 Å². The summed E-state index contributed by atoms with van der Waals surface area (Å²) >= 11 is 0. The van der Waals surface area contributed by atoms with Crippen LogP contribution >= 0.6 is 0 Å². The van der Waals surface area contributed by atoms with Crippen molar-refractivity contribution >= 4 is 11.8 Å². The normalized spacial score (nSPS) is 22.4. The van der Waals surface area contributed by atoms with Gasteiger partial charge in [0.05, 0.1) is 6.42 Å². The Bertz CT molecular complexity index is 774. The van der Waals surface area contributed by atoms with Gasteiger partial charge in [0.1, 0.15) is 5.82 Å². The van der Waals surface area contributed by atoms with E-state index in [1.165, 1.54) is 38.5 Å². The van der Waals surface area contributed by atoms with Gasteiger partial charge < -0.3 is 10.2 Å². The first-order valence-electron chi connectivity index (χ1n) is 12.4. The Morgan fingerprint density at radius 2 is 1.61 bits per heavy atom. The van der Waals surface area contributed by atoms with E-state index in [-0.39, 0.29) is 11.8 Å². The van der Waals surface area contributed by atoms with Crippen LogP contribution in [0.25, 0.3) is 0 Å². The molecule has 1 N–H and O–H groups in total. The van der Waals surface area contributed by atoms with Crippen molar-refractivity contribution in [2.45, 2.75) is 103 Å². The predicted octanol–water partition coefficient (Wildman–Crippen LogP) is 3.98. The summed E-state index contributed by atoms with van der Waals surface area (Å²) < 4.78 is 0. The van der Waals surface area contributed by atoms with Crippen molar-refractivity contribution in [1.82, 2.24) is 20.2 Å². The molecule has 170 valence electrons. The number of carbonyl (C=O) groups excluding carboxylic acids is 2. The number of aryl methyl sites for hydroxylation is 2. The van der Waals surface area contributed by atoms with E-state index in [0.29, 0.717) is 24.8 Å². The van der Waals surface area contributed by atoms with Gasteiger partial charge in [-0.15, -0.1) is 0 Å². The van der Waals surface area contributed by atoms with Gasteiger partial charge in [0.2, 0.25) is 11.8 Å². The summed E-state index contributed by atoms with van der Waals surface area (Å²) in [5.41, 5.74) is 2.74. The van der Waals surface area contributed by atoms with Crippen molar-refractivity contribution in [2.75, 3.05) is 13.1 Å². The monoisotopic (exact) mass is 426 g/mol. The fourth-order valence-electron chi connectivity index (χ4n) is 5.70. The Kier molecular flexibility index (Phi) is 7.24. The minimum absolute atomic E-state index is 0.0781. The third kappa shape index (κ3) is 5.64. The smallest absolute Gasteiger partial charge is 0.224 e. The molecule has 2 amide bonds. The molecule has 4 rings (SSSR count). The quantitative estimate of drug-likeness (QED) is 0.716. The third-order valence-corrected chi connectivity index (χ3v) is 7.64. The fourth-order valence-corrected chi connectivity index (χ4v) is 5.70. The fraction of sp³-hybridized carbons (Fsp3) is 0.760. The third-order valence-electron chi connectivity index (χ3n) is 7.64. The van der Waals surface area contributed by atoms with Crippen molar-refractivity contribution in [2.24, 2.45) is 5.92 Å². The van der Waals surface area contributed by atoms with Gasteiger partial charge in [0, 0.05) is 48.4 Å². The molecule has 1 saturated heterocycles. The van der Waals surface area contributed by atoms with Crippen molar-refractivity contribution < 1.29 is 9.59 Å². The highest BCUT2D eigenvalue weighted by Gasteiger charge is 2.30. The van der Waals surface area contributed by atoms with Crippen LogP contribution in [-0.4, -0.2) is 45.8 Å². The molecule has 0 radical (unpaired) electrons. The largest absolute Gasteiger partial charge is 0.353 e. The molecule has 31 heavy (non-hydrogen) atoms. The van der Waals surface area contributed by atoms with E-state index in [0.717, 1.165) is 67.5 Å². The van der Waals surface area contributed by atoms with Crippen LogP contribution in [0.15, 0.2) is 0 Å². The van der Waals surface area contributed by atoms with Crippen LogP contribution in [0, 0.1) is 19.8 Å². The zero-order valence-corrected chi connectivity index (χ0v) is 19.3. The minimum atomic E-state index is 0.0781. The Hall–Kier alpha value is -1.98. The Morgan fingerprint density at radius 3 is 2.29 bits per heavy atom. The maximum absolute atomic E-state index is 12.7. The van der Waals surface area contributed by atoms with Crippen molar-refractivity contribution in [3.63, 3.8) is 0 Å². The average Bonchev–Trinajstić information content (AvgIpc) is 3.51. The molecule has 3 fully saturated rings. The van der Waals surface area contributed by atoms with Crippen LogP contribution in [0.2, 0.25) is 0 Å². The molecular weight excluding hydrogens is 388 g/mol. The average molecular weight is 427 g/mol. The van der Waals surface area contributed by atoms with Crippen LogP contribution in [0.5, 0.6) is 0 Å². The number of aromatic nitrogens is 2. The molecular formula is C25H38N4O2. The number of nitrogens with one attached hydrogen (secondary N) is 1. The molecule has 1 atom stereocenters.